The molecule has 6 nitrogen and oxygen atoms in total. The van der Waals surface area contributed by atoms with Gasteiger partial charge < -0.3 is 9.64 Å². The quantitative estimate of drug-likeness (QED) is 0.719. The number of amides is 1. The van der Waals surface area contributed by atoms with E-state index >= 15 is 0 Å². The molecular formula is C17H16N4O2S. The number of aromatic nitrogens is 3. The highest BCUT2D eigenvalue weighted by Gasteiger charge is 2.23. The third-order valence-electron chi connectivity index (χ3n) is 3.91. The number of hydrogen-bond donors (Lipinski definition) is 0. The Labute approximate surface area is 143 Å². The number of fused-ring (bicyclic) bond motifs is 1. The largest absolute Gasteiger partial charge is 0.491 e. The fraction of sp³-hybridized carbons (Fsp3) is 0.235. The van der Waals surface area contributed by atoms with Crippen molar-refractivity contribution < 1.29 is 9.53 Å². The van der Waals surface area contributed by atoms with Crippen LogP contribution < -0.4 is 4.74 Å². The lowest BCUT2D eigenvalue weighted by Gasteiger charge is -2.18. The standard InChI is InChI=1S/C17H16N4O2S/c1-20-10-13(8-19-20)16-18-9-15(24-16)17(22)21-6-7-23-14-5-3-2-4-12(14)11-21/h2-5,8-10H,6-7,11H2,1H3. The molecule has 122 valence electrons. The maximum absolute atomic E-state index is 12.8. The second-order valence-electron chi connectivity index (χ2n) is 5.62. The van der Waals surface area contributed by atoms with E-state index in [-0.39, 0.29) is 5.91 Å². The number of rotatable bonds is 2. The lowest BCUT2D eigenvalue weighted by molar-refractivity contribution is 0.0738. The van der Waals surface area contributed by atoms with E-state index in [1.807, 2.05) is 42.4 Å². The lowest BCUT2D eigenvalue weighted by Crippen LogP contribution is -2.31. The van der Waals surface area contributed by atoms with E-state index in [1.54, 1.807) is 17.1 Å². The predicted octanol–water partition coefficient (Wildman–Crippen LogP) is 2.58. The average molecular weight is 340 g/mol. The van der Waals surface area contributed by atoms with Crippen molar-refractivity contribution in [1.82, 2.24) is 19.7 Å². The molecule has 1 aliphatic rings. The normalized spacial score (nSPS) is 14.0. The highest BCUT2D eigenvalue weighted by atomic mass is 32.1. The Balaban J connectivity index is 1.57. The number of hydrogen-bond acceptors (Lipinski definition) is 5. The van der Waals surface area contributed by atoms with E-state index in [4.69, 9.17) is 4.74 Å². The van der Waals surface area contributed by atoms with E-state index in [0.717, 1.165) is 21.9 Å². The number of carbonyl (C=O) groups excluding carboxylic acids is 1. The summed E-state index contributed by atoms with van der Waals surface area (Å²) in [4.78, 5) is 19.6. The van der Waals surface area contributed by atoms with Crippen LogP contribution in [0.2, 0.25) is 0 Å². The first kappa shape index (κ1) is 14.9. The molecule has 0 unspecified atom stereocenters. The number of carbonyl (C=O) groups is 1. The summed E-state index contributed by atoms with van der Waals surface area (Å²) in [6, 6.07) is 7.84. The fourth-order valence-corrected chi connectivity index (χ4v) is 3.55. The molecule has 0 saturated carbocycles. The van der Waals surface area contributed by atoms with Gasteiger partial charge in [0.2, 0.25) is 0 Å². The third-order valence-corrected chi connectivity index (χ3v) is 4.94. The minimum Gasteiger partial charge on any atom is -0.491 e. The molecule has 0 atom stereocenters. The molecule has 1 aromatic carbocycles. The number of aryl methyl sites for hydroxylation is 1. The number of ether oxygens (including phenoxy) is 1. The van der Waals surface area contributed by atoms with E-state index in [0.29, 0.717) is 24.6 Å². The Hall–Kier alpha value is -2.67. The smallest absolute Gasteiger partial charge is 0.266 e. The van der Waals surface area contributed by atoms with E-state index in [1.165, 1.54) is 11.3 Å². The molecule has 3 aromatic rings. The number of benzene rings is 1. The van der Waals surface area contributed by atoms with Gasteiger partial charge in [0.1, 0.15) is 22.2 Å². The first-order chi connectivity index (χ1) is 11.7. The maximum atomic E-state index is 12.8. The van der Waals surface area contributed by atoms with Gasteiger partial charge in [-0.15, -0.1) is 11.3 Å². The Kier molecular flexibility index (Phi) is 3.78. The van der Waals surface area contributed by atoms with Gasteiger partial charge in [0.05, 0.1) is 18.9 Å². The van der Waals surface area contributed by atoms with Gasteiger partial charge in [0, 0.05) is 30.9 Å². The molecule has 0 bridgehead atoms. The molecule has 0 radical (unpaired) electrons. The maximum Gasteiger partial charge on any atom is 0.266 e. The summed E-state index contributed by atoms with van der Waals surface area (Å²) in [5.74, 6) is 0.844. The third kappa shape index (κ3) is 2.78. The van der Waals surface area contributed by atoms with Crippen LogP contribution in [0.4, 0.5) is 0 Å². The van der Waals surface area contributed by atoms with Crippen LogP contribution in [0.3, 0.4) is 0 Å². The summed E-state index contributed by atoms with van der Waals surface area (Å²) in [5, 5.41) is 4.95. The second kappa shape index (κ2) is 6.09. The zero-order chi connectivity index (χ0) is 16.5. The first-order valence-electron chi connectivity index (χ1n) is 7.65. The fourth-order valence-electron chi connectivity index (χ4n) is 2.69. The topological polar surface area (TPSA) is 60.2 Å². The molecule has 24 heavy (non-hydrogen) atoms. The van der Waals surface area contributed by atoms with Crippen molar-refractivity contribution in [2.45, 2.75) is 6.54 Å². The van der Waals surface area contributed by atoms with Crippen molar-refractivity contribution in [2.24, 2.45) is 7.05 Å². The van der Waals surface area contributed by atoms with Crippen molar-refractivity contribution in [2.75, 3.05) is 13.2 Å². The van der Waals surface area contributed by atoms with Crippen molar-refractivity contribution in [3.05, 3.63) is 53.3 Å². The van der Waals surface area contributed by atoms with Gasteiger partial charge >= 0.3 is 0 Å². The van der Waals surface area contributed by atoms with Crippen LogP contribution >= 0.6 is 11.3 Å². The van der Waals surface area contributed by atoms with E-state index in [2.05, 4.69) is 10.1 Å². The molecule has 2 aromatic heterocycles. The molecular weight excluding hydrogens is 324 g/mol. The van der Waals surface area contributed by atoms with Crippen molar-refractivity contribution >= 4 is 17.2 Å². The van der Waals surface area contributed by atoms with Gasteiger partial charge in [-0.05, 0) is 6.07 Å². The van der Waals surface area contributed by atoms with E-state index < -0.39 is 0 Å². The molecule has 1 aliphatic heterocycles. The highest BCUT2D eigenvalue weighted by molar-refractivity contribution is 7.16. The Bertz CT molecular complexity index is 886. The number of thiazole rings is 1. The summed E-state index contributed by atoms with van der Waals surface area (Å²) >= 11 is 1.39. The summed E-state index contributed by atoms with van der Waals surface area (Å²) in [6.45, 7) is 1.61. The van der Waals surface area contributed by atoms with Gasteiger partial charge in [-0.1, -0.05) is 18.2 Å². The zero-order valence-electron chi connectivity index (χ0n) is 13.2. The SMILES string of the molecule is Cn1cc(-c2ncc(C(=O)N3CCOc4ccccc4C3)s2)cn1. The van der Waals surface area contributed by atoms with Crippen LogP contribution in [0.1, 0.15) is 15.2 Å². The van der Waals surface area contributed by atoms with Crippen molar-refractivity contribution in [3.63, 3.8) is 0 Å². The summed E-state index contributed by atoms with van der Waals surface area (Å²) in [6.07, 6.45) is 5.29. The van der Waals surface area contributed by atoms with Crippen LogP contribution in [0, 0.1) is 0 Å². The minimum atomic E-state index is -0.0112. The van der Waals surface area contributed by atoms with Crippen LogP contribution in [0.25, 0.3) is 10.6 Å². The summed E-state index contributed by atoms with van der Waals surface area (Å²) in [7, 11) is 1.86. The Morgan fingerprint density at radius 3 is 3.00 bits per heavy atom. The van der Waals surface area contributed by atoms with Crippen molar-refractivity contribution in [1.29, 1.82) is 0 Å². The summed E-state index contributed by atoms with van der Waals surface area (Å²) < 4.78 is 7.45. The lowest BCUT2D eigenvalue weighted by atomic mass is 10.2. The molecule has 7 heteroatoms. The number of para-hydroxylation sites is 1. The molecule has 3 heterocycles. The Morgan fingerprint density at radius 2 is 2.17 bits per heavy atom. The molecule has 0 spiro atoms. The molecule has 4 rings (SSSR count). The summed E-state index contributed by atoms with van der Waals surface area (Å²) in [5.41, 5.74) is 1.95. The van der Waals surface area contributed by atoms with Crippen molar-refractivity contribution in [3.8, 4) is 16.3 Å². The minimum absolute atomic E-state index is 0.0112. The molecule has 0 N–H and O–H groups in total. The van der Waals surface area contributed by atoms with Gasteiger partial charge in [0.15, 0.2) is 0 Å². The highest BCUT2D eigenvalue weighted by Crippen LogP contribution is 2.27. The molecule has 0 fully saturated rings. The van der Waals surface area contributed by atoms with Gasteiger partial charge in [-0.3, -0.25) is 9.48 Å². The second-order valence-corrected chi connectivity index (χ2v) is 6.65. The Morgan fingerprint density at radius 1 is 1.29 bits per heavy atom. The number of nitrogens with zero attached hydrogens (tertiary/aromatic N) is 4. The first-order valence-corrected chi connectivity index (χ1v) is 8.47. The average Bonchev–Trinajstić information content (AvgIpc) is 3.18. The van der Waals surface area contributed by atoms with Gasteiger partial charge in [-0.25, -0.2) is 4.98 Å². The van der Waals surface area contributed by atoms with Crippen LogP contribution in [0.5, 0.6) is 5.75 Å². The van der Waals surface area contributed by atoms with Crippen LogP contribution in [0.15, 0.2) is 42.9 Å². The molecule has 0 aliphatic carbocycles. The van der Waals surface area contributed by atoms with Gasteiger partial charge in [0.25, 0.3) is 5.91 Å². The molecule has 0 saturated heterocycles. The van der Waals surface area contributed by atoms with Gasteiger partial charge in [-0.2, -0.15) is 5.10 Å². The molecule has 1 amide bonds. The zero-order valence-corrected chi connectivity index (χ0v) is 14.0. The van der Waals surface area contributed by atoms with Crippen LogP contribution in [-0.2, 0) is 13.6 Å². The predicted molar refractivity (Wildman–Crippen MR) is 91.0 cm³/mol. The van der Waals surface area contributed by atoms with E-state index in [9.17, 15) is 4.79 Å². The monoisotopic (exact) mass is 340 g/mol. The van der Waals surface area contributed by atoms with Crippen LogP contribution in [-0.4, -0.2) is 38.7 Å².